The van der Waals surface area contributed by atoms with Gasteiger partial charge in [-0.25, -0.2) is 0 Å². The quantitative estimate of drug-likeness (QED) is 0.217. The number of carbonyl (C=O) groups excluding carboxylic acids is 1. The molecule has 0 bridgehead atoms. The maximum absolute atomic E-state index is 13.4. The van der Waals surface area contributed by atoms with Gasteiger partial charge in [0.15, 0.2) is 5.76 Å². The molecule has 4 aromatic carbocycles. The zero-order valence-electron chi connectivity index (χ0n) is 23.4. The maximum Gasteiger partial charge on any atom is 0.305 e. The molecule has 1 atom stereocenters. The van der Waals surface area contributed by atoms with Crippen molar-refractivity contribution in [3.8, 4) is 0 Å². The predicted octanol–water partition coefficient (Wildman–Crippen LogP) is 7.15. The molecule has 5 rings (SSSR count). The van der Waals surface area contributed by atoms with Gasteiger partial charge in [-0.1, -0.05) is 66.2 Å². The predicted molar refractivity (Wildman–Crippen MR) is 162 cm³/mol. The summed E-state index contributed by atoms with van der Waals surface area (Å²) >= 11 is 0. The van der Waals surface area contributed by atoms with Gasteiger partial charge in [0.2, 0.25) is 0 Å². The lowest BCUT2D eigenvalue weighted by Crippen LogP contribution is -2.40. The molecule has 4 aromatic rings. The first-order valence-corrected chi connectivity index (χ1v) is 13.6. The van der Waals surface area contributed by atoms with Crippen LogP contribution in [0.25, 0.3) is 6.08 Å². The first-order chi connectivity index (χ1) is 19.8. The molecule has 1 fully saturated rings. The molecule has 7 nitrogen and oxygen atoms in total. The van der Waals surface area contributed by atoms with Crippen LogP contribution in [0.2, 0.25) is 0 Å². The van der Waals surface area contributed by atoms with Crippen LogP contribution in [0.1, 0.15) is 28.7 Å². The number of anilines is 4. The number of hydrogen-bond acceptors (Lipinski definition) is 5. The summed E-state index contributed by atoms with van der Waals surface area (Å²) in [5.74, 6) is -1.18. The number of hydrogen-bond donors (Lipinski definition) is 2. The number of nitrogens with one attached hydrogen (secondary N) is 1. The van der Waals surface area contributed by atoms with Gasteiger partial charge in [0, 0.05) is 29.3 Å². The lowest BCUT2D eigenvalue weighted by atomic mass is 10.1. The molecular weight excluding hydrogens is 514 g/mol. The number of para-hydroxylation sites is 2. The Balaban J connectivity index is 1.42. The number of carboxylic acid groups (broad SMARTS) is 1. The molecule has 2 N–H and O–H groups in total. The average Bonchev–Trinajstić information content (AvgIpc) is 3.25. The number of nitrogens with zero attached hydrogens (tertiary/aromatic N) is 2. The van der Waals surface area contributed by atoms with Crippen LogP contribution < -0.4 is 10.2 Å². The number of carboxylic acids is 1. The summed E-state index contributed by atoms with van der Waals surface area (Å²) in [7, 11) is 0. The third kappa shape index (κ3) is 6.25. The van der Waals surface area contributed by atoms with E-state index in [9.17, 15) is 14.7 Å². The van der Waals surface area contributed by atoms with E-state index in [-0.39, 0.29) is 24.6 Å². The summed E-state index contributed by atoms with van der Waals surface area (Å²) < 4.78 is 6.11. The Labute approximate surface area is 240 Å². The van der Waals surface area contributed by atoms with E-state index >= 15 is 0 Å². The molecule has 0 spiro atoms. The first kappa shape index (κ1) is 27.5. The fourth-order valence-corrected chi connectivity index (χ4v) is 5.12. The van der Waals surface area contributed by atoms with Crippen molar-refractivity contribution < 1.29 is 19.4 Å². The van der Waals surface area contributed by atoms with Crippen molar-refractivity contribution in [2.24, 2.45) is 0 Å². The minimum atomic E-state index is -0.978. The highest BCUT2D eigenvalue weighted by atomic mass is 16.5. The number of ether oxygens (including phenoxy) is 1. The number of amides is 1. The summed E-state index contributed by atoms with van der Waals surface area (Å²) in [6.45, 7) is 6.04. The zero-order chi connectivity index (χ0) is 28.9. The van der Waals surface area contributed by atoms with Crippen molar-refractivity contribution in [1.82, 2.24) is 4.90 Å². The first-order valence-electron chi connectivity index (χ1n) is 13.6. The van der Waals surface area contributed by atoms with E-state index in [4.69, 9.17) is 4.74 Å². The van der Waals surface area contributed by atoms with Crippen LogP contribution in [0.5, 0.6) is 0 Å². The van der Waals surface area contributed by atoms with Crippen LogP contribution >= 0.6 is 0 Å². The van der Waals surface area contributed by atoms with Gasteiger partial charge in [-0.15, -0.1) is 0 Å². The standard InChI is InChI=1S/C34H33N3O4/c1-23-20-24(2)32(25(3)21-23)35-34-36(19-18-31(38)39)33(40)30(41-34)22-26-14-16-29(17-15-26)37(27-10-6-4-7-11-27)28-12-8-5-9-13-28/h4-17,20-22,34-35H,18-19H2,1-3H3,(H,38,39)/b30-22+. The van der Waals surface area contributed by atoms with Crippen LogP contribution in [0.15, 0.2) is 103 Å². The Morgan fingerprint density at radius 1 is 0.878 bits per heavy atom. The van der Waals surface area contributed by atoms with E-state index in [0.29, 0.717) is 0 Å². The second-order valence-electron chi connectivity index (χ2n) is 10.1. The van der Waals surface area contributed by atoms with Crippen molar-refractivity contribution in [2.75, 3.05) is 16.8 Å². The molecule has 0 aliphatic carbocycles. The van der Waals surface area contributed by atoms with E-state index < -0.39 is 12.3 Å². The molecule has 1 unspecified atom stereocenters. The van der Waals surface area contributed by atoms with Crippen LogP contribution in [0.3, 0.4) is 0 Å². The minimum Gasteiger partial charge on any atom is -0.481 e. The van der Waals surface area contributed by atoms with Gasteiger partial charge in [-0.3, -0.25) is 14.5 Å². The molecule has 1 aliphatic heterocycles. The number of rotatable bonds is 9. The molecule has 1 amide bonds. The van der Waals surface area contributed by atoms with Crippen LogP contribution in [0, 0.1) is 20.8 Å². The molecule has 0 aromatic heterocycles. The number of benzene rings is 4. The molecule has 0 saturated carbocycles. The second kappa shape index (κ2) is 12.0. The van der Waals surface area contributed by atoms with Crippen LogP contribution in [0.4, 0.5) is 22.7 Å². The average molecular weight is 548 g/mol. The lowest BCUT2D eigenvalue weighted by molar-refractivity contribution is -0.138. The molecule has 1 aliphatic rings. The highest BCUT2D eigenvalue weighted by Crippen LogP contribution is 2.35. The fraction of sp³-hybridized carbons (Fsp3) is 0.176. The van der Waals surface area contributed by atoms with Gasteiger partial charge in [0.05, 0.1) is 6.42 Å². The molecule has 1 saturated heterocycles. The summed E-state index contributed by atoms with van der Waals surface area (Å²) in [4.78, 5) is 28.3. The van der Waals surface area contributed by atoms with Crippen molar-refractivity contribution in [3.63, 3.8) is 0 Å². The van der Waals surface area contributed by atoms with Gasteiger partial charge >= 0.3 is 5.97 Å². The largest absolute Gasteiger partial charge is 0.481 e. The van der Waals surface area contributed by atoms with E-state index in [1.165, 1.54) is 4.90 Å². The van der Waals surface area contributed by atoms with Gasteiger partial charge < -0.3 is 20.1 Å². The van der Waals surface area contributed by atoms with E-state index in [0.717, 1.165) is 45.0 Å². The Kier molecular flexibility index (Phi) is 8.06. The van der Waals surface area contributed by atoms with E-state index in [1.54, 1.807) is 6.08 Å². The summed E-state index contributed by atoms with van der Waals surface area (Å²) in [6, 6.07) is 32.2. The Morgan fingerprint density at radius 2 is 1.41 bits per heavy atom. The highest BCUT2D eigenvalue weighted by Gasteiger charge is 2.37. The summed E-state index contributed by atoms with van der Waals surface area (Å²) in [6.07, 6.45) is 0.695. The zero-order valence-corrected chi connectivity index (χ0v) is 23.4. The second-order valence-corrected chi connectivity index (χ2v) is 10.1. The molecule has 41 heavy (non-hydrogen) atoms. The topological polar surface area (TPSA) is 82.1 Å². The summed E-state index contributed by atoms with van der Waals surface area (Å²) in [5.41, 5.74) is 7.86. The summed E-state index contributed by atoms with van der Waals surface area (Å²) in [5, 5.41) is 12.6. The number of aryl methyl sites for hydroxylation is 3. The molecule has 208 valence electrons. The lowest BCUT2D eigenvalue weighted by Gasteiger charge is -2.25. The van der Waals surface area contributed by atoms with E-state index in [1.807, 2.05) is 81.4 Å². The van der Waals surface area contributed by atoms with Gasteiger partial charge in [0.25, 0.3) is 12.3 Å². The smallest absolute Gasteiger partial charge is 0.305 e. The van der Waals surface area contributed by atoms with Gasteiger partial charge in [-0.2, -0.15) is 0 Å². The third-order valence-electron chi connectivity index (χ3n) is 6.98. The maximum atomic E-state index is 13.4. The van der Waals surface area contributed by atoms with E-state index in [2.05, 4.69) is 46.6 Å². The SMILES string of the molecule is Cc1cc(C)c(NC2O/C(=C/c3ccc(N(c4ccccc4)c4ccccc4)cc3)C(=O)N2CCC(=O)O)c(C)c1. The van der Waals surface area contributed by atoms with Crippen molar-refractivity contribution >= 4 is 40.7 Å². The van der Waals surface area contributed by atoms with Crippen molar-refractivity contribution in [3.05, 3.63) is 125 Å². The Bertz CT molecular complexity index is 1500. The normalized spacial score (nSPS) is 15.6. The number of aliphatic carboxylic acids is 1. The molecule has 1 heterocycles. The Morgan fingerprint density at radius 3 is 1.95 bits per heavy atom. The molecular formula is C34H33N3O4. The van der Waals surface area contributed by atoms with Crippen LogP contribution in [-0.4, -0.2) is 34.8 Å². The minimum absolute atomic E-state index is 0.0230. The van der Waals surface area contributed by atoms with Crippen molar-refractivity contribution in [1.29, 1.82) is 0 Å². The monoisotopic (exact) mass is 547 g/mol. The number of carbonyl (C=O) groups is 2. The molecule has 7 heteroatoms. The Hall–Kier alpha value is -5.04. The van der Waals surface area contributed by atoms with Gasteiger partial charge in [0.1, 0.15) is 0 Å². The fourth-order valence-electron chi connectivity index (χ4n) is 5.12. The van der Waals surface area contributed by atoms with Crippen LogP contribution in [-0.2, 0) is 14.3 Å². The van der Waals surface area contributed by atoms with Crippen molar-refractivity contribution in [2.45, 2.75) is 33.5 Å². The van der Waals surface area contributed by atoms with Gasteiger partial charge in [-0.05, 0) is 79.9 Å². The molecule has 0 radical (unpaired) electrons. The highest BCUT2D eigenvalue weighted by molar-refractivity contribution is 5.98. The third-order valence-corrected chi connectivity index (χ3v) is 6.98.